The second kappa shape index (κ2) is 5.61. The molecule has 0 radical (unpaired) electrons. The molecule has 0 amide bonds. The van der Waals surface area contributed by atoms with E-state index in [1.807, 2.05) is 0 Å². The first-order valence-electron chi connectivity index (χ1n) is 5.41. The van der Waals surface area contributed by atoms with Gasteiger partial charge in [0, 0.05) is 12.6 Å². The molecular weight excluding hydrogens is 160 g/mol. The summed E-state index contributed by atoms with van der Waals surface area (Å²) in [5, 5.41) is 0. The van der Waals surface area contributed by atoms with Crippen LogP contribution in [-0.4, -0.2) is 31.1 Å². The molecule has 0 aliphatic heterocycles. The highest BCUT2D eigenvalue weighted by Gasteiger charge is 2.26. The molecule has 0 unspecified atom stereocenters. The van der Waals surface area contributed by atoms with E-state index in [2.05, 4.69) is 39.6 Å². The Labute approximate surface area is 83.5 Å². The fourth-order valence-corrected chi connectivity index (χ4v) is 1.54. The van der Waals surface area contributed by atoms with Gasteiger partial charge in [0.15, 0.2) is 0 Å². The number of nitrogens with two attached hydrogens (primary N) is 1. The summed E-state index contributed by atoms with van der Waals surface area (Å²) in [6.07, 6.45) is 2.36. The maximum Gasteiger partial charge on any atom is 0.00495 e. The first-order valence-corrected chi connectivity index (χ1v) is 5.41. The zero-order valence-corrected chi connectivity index (χ0v) is 9.93. The lowest BCUT2D eigenvalue weighted by atomic mass is 9.82. The van der Waals surface area contributed by atoms with Crippen LogP contribution in [-0.2, 0) is 0 Å². The minimum atomic E-state index is 0.332. The van der Waals surface area contributed by atoms with Crippen molar-refractivity contribution in [1.82, 2.24) is 4.90 Å². The Morgan fingerprint density at radius 2 is 1.69 bits per heavy atom. The topological polar surface area (TPSA) is 29.3 Å². The highest BCUT2D eigenvalue weighted by atomic mass is 15.1. The van der Waals surface area contributed by atoms with Crippen molar-refractivity contribution in [3.63, 3.8) is 0 Å². The van der Waals surface area contributed by atoms with Crippen molar-refractivity contribution in [3.05, 3.63) is 0 Å². The summed E-state index contributed by atoms with van der Waals surface area (Å²) in [6.45, 7) is 10.9. The van der Waals surface area contributed by atoms with E-state index in [0.29, 0.717) is 11.5 Å². The smallest absolute Gasteiger partial charge is 0.00495 e. The van der Waals surface area contributed by atoms with E-state index in [1.165, 1.54) is 12.8 Å². The summed E-state index contributed by atoms with van der Waals surface area (Å²) in [6, 6.07) is 0.615. The molecule has 0 fully saturated rings. The van der Waals surface area contributed by atoms with Crippen LogP contribution >= 0.6 is 0 Å². The lowest BCUT2D eigenvalue weighted by Gasteiger charge is -2.36. The molecule has 0 aliphatic rings. The number of hydrogen-bond donors (Lipinski definition) is 1. The van der Waals surface area contributed by atoms with Crippen LogP contribution in [0, 0.1) is 5.41 Å². The predicted molar refractivity (Wildman–Crippen MR) is 59.8 cm³/mol. The van der Waals surface area contributed by atoms with E-state index in [9.17, 15) is 0 Å². The number of nitrogens with zero attached hydrogens (tertiary/aromatic N) is 1. The lowest BCUT2D eigenvalue weighted by Crippen LogP contribution is -2.42. The van der Waals surface area contributed by atoms with Gasteiger partial charge in [-0.1, -0.05) is 13.8 Å². The van der Waals surface area contributed by atoms with Gasteiger partial charge in [0.25, 0.3) is 0 Å². The molecule has 80 valence electrons. The van der Waals surface area contributed by atoms with Crippen LogP contribution in [0.4, 0.5) is 0 Å². The molecule has 0 bridgehead atoms. The molecule has 0 spiro atoms. The van der Waals surface area contributed by atoms with Crippen molar-refractivity contribution in [2.75, 3.05) is 20.1 Å². The fourth-order valence-electron chi connectivity index (χ4n) is 1.54. The summed E-state index contributed by atoms with van der Waals surface area (Å²) in [4.78, 5) is 2.39. The van der Waals surface area contributed by atoms with Crippen molar-refractivity contribution in [2.24, 2.45) is 11.1 Å². The summed E-state index contributed by atoms with van der Waals surface area (Å²) in [5.74, 6) is 0. The van der Waals surface area contributed by atoms with E-state index >= 15 is 0 Å². The maximum atomic E-state index is 5.85. The SMILES string of the molecule is CCC(CC)(CN)CN(C)C(C)C. The molecule has 2 nitrogen and oxygen atoms in total. The Morgan fingerprint density at radius 1 is 1.23 bits per heavy atom. The lowest BCUT2D eigenvalue weighted by molar-refractivity contribution is 0.143. The van der Waals surface area contributed by atoms with Gasteiger partial charge < -0.3 is 10.6 Å². The van der Waals surface area contributed by atoms with Gasteiger partial charge in [0.05, 0.1) is 0 Å². The third kappa shape index (κ3) is 3.65. The largest absolute Gasteiger partial charge is 0.330 e. The van der Waals surface area contributed by atoms with Gasteiger partial charge in [-0.05, 0) is 45.7 Å². The molecular formula is C11H26N2. The van der Waals surface area contributed by atoms with Crippen molar-refractivity contribution >= 4 is 0 Å². The quantitative estimate of drug-likeness (QED) is 0.688. The Hall–Kier alpha value is -0.0800. The Kier molecular flexibility index (Phi) is 5.57. The van der Waals surface area contributed by atoms with Crippen molar-refractivity contribution in [2.45, 2.75) is 46.6 Å². The minimum absolute atomic E-state index is 0.332. The molecule has 0 aromatic rings. The first-order chi connectivity index (χ1) is 6.01. The third-order valence-electron chi connectivity index (χ3n) is 3.40. The van der Waals surface area contributed by atoms with Gasteiger partial charge in [-0.3, -0.25) is 0 Å². The second-order valence-corrected chi connectivity index (χ2v) is 4.42. The van der Waals surface area contributed by atoms with Gasteiger partial charge in [-0.15, -0.1) is 0 Å². The molecule has 0 aromatic heterocycles. The van der Waals surface area contributed by atoms with E-state index in [1.54, 1.807) is 0 Å². The van der Waals surface area contributed by atoms with E-state index < -0.39 is 0 Å². The molecule has 0 rings (SSSR count). The highest BCUT2D eigenvalue weighted by molar-refractivity contribution is 4.81. The zero-order chi connectivity index (χ0) is 10.5. The van der Waals surface area contributed by atoms with E-state index in [4.69, 9.17) is 5.73 Å². The summed E-state index contributed by atoms with van der Waals surface area (Å²) in [5.41, 5.74) is 6.18. The van der Waals surface area contributed by atoms with Gasteiger partial charge in [-0.2, -0.15) is 0 Å². The molecule has 0 aromatic carbocycles. The molecule has 0 atom stereocenters. The summed E-state index contributed by atoms with van der Waals surface area (Å²) < 4.78 is 0. The zero-order valence-electron chi connectivity index (χ0n) is 9.93. The number of rotatable bonds is 6. The van der Waals surface area contributed by atoms with Crippen LogP contribution in [0.25, 0.3) is 0 Å². The van der Waals surface area contributed by atoms with Gasteiger partial charge in [0.2, 0.25) is 0 Å². The van der Waals surface area contributed by atoms with Crippen molar-refractivity contribution in [1.29, 1.82) is 0 Å². The van der Waals surface area contributed by atoms with Crippen LogP contribution in [0.3, 0.4) is 0 Å². The predicted octanol–water partition coefficient (Wildman–Crippen LogP) is 2.09. The molecule has 0 saturated carbocycles. The molecule has 0 heterocycles. The molecule has 13 heavy (non-hydrogen) atoms. The molecule has 0 saturated heterocycles. The van der Waals surface area contributed by atoms with Gasteiger partial charge in [-0.25, -0.2) is 0 Å². The van der Waals surface area contributed by atoms with Crippen LogP contribution in [0.1, 0.15) is 40.5 Å². The first kappa shape index (κ1) is 12.9. The Bertz CT molecular complexity index is 120. The Balaban J connectivity index is 4.24. The third-order valence-corrected chi connectivity index (χ3v) is 3.40. The van der Waals surface area contributed by atoms with Crippen LogP contribution in [0.5, 0.6) is 0 Å². The molecule has 2 heteroatoms. The van der Waals surface area contributed by atoms with E-state index in [0.717, 1.165) is 13.1 Å². The standard InChI is InChI=1S/C11H26N2/c1-6-11(7-2,8-12)9-13(5)10(3)4/h10H,6-9,12H2,1-5H3. The van der Waals surface area contributed by atoms with Crippen LogP contribution in [0.2, 0.25) is 0 Å². The maximum absolute atomic E-state index is 5.85. The average molecular weight is 186 g/mol. The van der Waals surface area contributed by atoms with Gasteiger partial charge in [0.1, 0.15) is 0 Å². The minimum Gasteiger partial charge on any atom is -0.330 e. The van der Waals surface area contributed by atoms with Gasteiger partial charge >= 0.3 is 0 Å². The van der Waals surface area contributed by atoms with Crippen LogP contribution in [0.15, 0.2) is 0 Å². The monoisotopic (exact) mass is 186 g/mol. The number of hydrogen-bond acceptors (Lipinski definition) is 2. The fraction of sp³-hybridized carbons (Fsp3) is 1.00. The Morgan fingerprint density at radius 3 is 1.92 bits per heavy atom. The summed E-state index contributed by atoms with van der Waals surface area (Å²) >= 11 is 0. The summed E-state index contributed by atoms with van der Waals surface area (Å²) in [7, 11) is 2.18. The van der Waals surface area contributed by atoms with Crippen molar-refractivity contribution in [3.8, 4) is 0 Å². The average Bonchev–Trinajstić information content (AvgIpc) is 2.14. The second-order valence-electron chi connectivity index (χ2n) is 4.42. The molecule has 2 N–H and O–H groups in total. The molecule has 0 aliphatic carbocycles. The van der Waals surface area contributed by atoms with Crippen molar-refractivity contribution < 1.29 is 0 Å². The van der Waals surface area contributed by atoms with Crippen LogP contribution < -0.4 is 5.73 Å². The normalized spacial score (nSPS) is 12.9. The highest BCUT2D eigenvalue weighted by Crippen LogP contribution is 2.26. The van der Waals surface area contributed by atoms with E-state index in [-0.39, 0.29) is 0 Å².